The highest BCUT2D eigenvalue weighted by Crippen LogP contribution is 2.30. The Kier molecular flexibility index (Phi) is 11.4. The first-order chi connectivity index (χ1) is 25.1. The quantitative estimate of drug-likeness (QED) is 0.120. The summed E-state index contributed by atoms with van der Waals surface area (Å²) in [6.07, 6.45) is 1.96. The number of hydrogen-bond acceptors (Lipinski definition) is 6. The summed E-state index contributed by atoms with van der Waals surface area (Å²) in [6, 6.07) is 41.4. The topological polar surface area (TPSA) is 114 Å². The van der Waals surface area contributed by atoms with Crippen molar-refractivity contribution in [3.05, 3.63) is 174 Å². The fraction of sp³-hybridized carbons (Fsp3) is 0.209. The molecule has 4 atom stereocenters. The van der Waals surface area contributed by atoms with Crippen molar-refractivity contribution in [3.8, 4) is 0 Å². The lowest BCUT2D eigenvalue weighted by atomic mass is 10.0. The second-order valence-corrected chi connectivity index (χ2v) is 14.8. The van der Waals surface area contributed by atoms with Crippen molar-refractivity contribution in [2.75, 3.05) is 13.2 Å². The van der Waals surface area contributed by atoms with Crippen LogP contribution in [0.25, 0.3) is 21.8 Å². The molecule has 7 rings (SSSR count). The molecule has 0 aliphatic heterocycles. The fourth-order valence-electron chi connectivity index (χ4n) is 6.61. The van der Waals surface area contributed by atoms with Crippen molar-refractivity contribution in [3.63, 3.8) is 0 Å². The largest absolute Gasteiger partial charge is 0.394 e. The Hall–Kier alpha value is -5.03. The van der Waals surface area contributed by atoms with Gasteiger partial charge in [0.2, 0.25) is 0 Å². The molecule has 0 radical (unpaired) electrons. The zero-order valence-electron chi connectivity index (χ0n) is 29.4. The molecule has 7 aromatic rings. The van der Waals surface area contributed by atoms with E-state index in [0.717, 1.165) is 44.1 Å². The fourth-order valence-corrected chi connectivity index (χ4v) is 7.54. The number of aromatic nitrogens is 2. The molecule has 0 fully saturated rings. The second-order valence-electron chi connectivity index (χ2n) is 13.2. The number of benzene rings is 5. The first kappa shape index (κ1) is 36.8. The van der Waals surface area contributed by atoms with Gasteiger partial charge >= 0.3 is 0 Å². The van der Waals surface area contributed by atoms with Gasteiger partial charge in [0, 0.05) is 23.4 Å². The number of aryl methyl sites for hydroxylation is 3. The Morgan fingerprint density at radius 1 is 0.577 bits per heavy atom. The van der Waals surface area contributed by atoms with E-state index in [2.05, 4.69) is 31.2 Å². The summed E-state index contributed by atoms with van der Waals surface area (Å²) < 4.78 is 34.5. The number of fused-ring (bicyclic) bond motifs is 2. The van der Waals surface area contributed by atoms with Gasteiger partial charge in [-0.2, -0.15) is 8.42 Å². The van der Waals surface area contributed by atoms with E-state index in [9.17, 15) is 23.7 Å². The summed E-state index contributed by atoms with van der Waals surface area (Å²) in [6.45, 7) is 5.35. The van der Waals surface area contributed by atoms with Gasteiger partial charge in [0.1, 0.15) is 12.2 Å². The standard InChI is InChI=1S/C25H25NO4S.C18H19NO2/c1-18-8-11-22(12-9-18)31(28,29)30-17-24(27)25(20-6-4-3-5-7-20)26-15-14-21-16-19(2)10-13-23(21)26;1-13-7-8-16-15(11-13)9-10-19(16)18(17(21)12-20)14-5-3-2-4-6-14/h3-16,24-25,27H,17H2,1-2H3;2-11,17-18,20-21H,12H2,1H3/t24-,25+;17-,18+/m11/s1. The maximum Gasteiger partial charge on any atom is 0.297 e. The highest BCUT2D eigenvalue weighted by Gasteiger charge is 2.27. The third-order valence-electron chi connectivity index (χ3n) is 9.25. The normalized spacial score (nSPS) is 14.0. The summed E-state index contributed by atoms with van der Waals surface area (Å²) in [5.74, 6) is 0. The third kappa shape index (κ3) is 8.20. The van der Waals surface area contributed by atoms with Crippen molar-refractivity contribution >= 4 is 31.9 Å². The predicted molar refractivity (Wildman–Crippen MR) is 206 cm³/mol. The van der Waals surface area contributed by atoms with Gasteiger partial charge in [0.15, 0.2) is 0 Å². The highest BCUT2D eigenvalue weighted by molar-refractivity contribution is 7.86. The van der Waals surface area contributed by atoms with Gasteiger partial charge in [-0.25, -0.2) is 0 Å². The van der Waals surface area contributed by atoms with Crippen molar-refractivity contribution in [1.82, 2.24) is 9.13 Å². The maximum absolute atomic E-state index is 12.6. The predicted octanol–water partition coefficient (Wildman–Crippen LogP) is 7.51. The van der Waals surface area contributed by atoms with Crippen LogP contribution in [-0.4, -0.2) is 58.3 Å². The van der Waals surface area contributed by atoms with Crippen LogP contribution in [0.1, 0.15) is 39.9 Å². The molecule has 268 valence electrons. The van der Waals surface area contributed by atoms with Gasteiger partial charge in [-0.3, -0.25) is 4.18 Å². The van der Waals surface area contributed by atoms with E-state index in [0.29, 0.717) is 0 Å². The van der Waals surface area contributed by atoms with Gasteiger partial charge in [0.05, 0.1) is 30.2 Å². The average Bonchev–Trinajstić information content (AvgIpc) is 3.76. The van der Waals surface area contributed by atoms with Crippen LogP contribution in [0.5, 0.6) is 0 Å². The van der Waals surface area contributed by atoms with Crippen molar-refractivity contribution in [2.45, 2.75) is 50.0 Å². The molecule has 0 bridgehead atoms. The molecule has 0 amide bonds. The summed E-state index contributed by atoms with van der Waals surface area (Å²) in [5.41, 5.74) is 7.18. The Morgan fingerprint density at radius 2 is 1.02 bits per heavy atom. The van der Waals surface area contributed by atoms with Crippen LogP contribution in [0.3, 0.4) is 0 Å². The van der Waals surface area contributed by atoms with E-state index in [4.69, 9.17) is 4.18 Å². The third-order valence-corrected chi connectivity index (χ3v) is 10.5. The van der Waals surface area contributed by atoms with E-state index in [1.165, 1.54) is 17.7 Å². The molecule has 3 N–H and O–H groups in total. The van der Waals surface area contributed by atoms with E-state index in [1.54, 1.807) is 12.1 Å². The molecular formula is C43H44N2O6S. The maximum atomic E-state index is 12.6. The minimum Gasteiger partial charge on any atom is -0.394 e. The van der Waals surface area contributed by atoms with Gasteiger partial charge in [0.25, 0.3) is 10.1 Å². The molecule has 0 aliphatic rings. The lowest BCUT2D eigenvalue weighted by Gasteiger charge is -2.26. The van der Waals surface area contributed by atoms with Crippen molar-refractivity contribution in [1.29, 1.82) is 0 Å². The molecule has 5 aromatic carbocycles. The van der Waals surface area contributed by atoms with Crippen LogP contribution in [0.4, 0.5) is 0 Å². The molecule has 0 unspecified atom stereocenters. The van der Waals surface area contributed by atoms with E-state index in [1.807, 2.05) is 120 Å². The molecular weight excluding hydrogens is 673 g/mol. The zero-order valence-corrected chi connectivity index (χ0v) is 30.3. The van der Waals surface area contributed by atoms with E-state index in [-0.39, 0.29) is 24.2 Å². The van der Waals surface area contributed by atoms with Crippen molar-refractivity contribution < 1.29 is 27.9 Å². The van der Waals surface area contributed by atoms with Crippen LogP contribution in [0.2, 0.25) is 0 Å². The van der Waals surface area contributed by atoms with Crippen LogP contribution < -0.4 is 0 Å². The Balaban J connectivity index is 0.000000192. The molecule has 0 saturated heterocycles. The Bertz CT molecular complexity index is 2330. The van der Waals surface area contributed by atoms with E-state index < -0.39 is 28.4 Å². The number of aliphatic hydroxyl groups is 3. The van der Waals surface area contributed by atoms with Gasteiger partial charge in [-0.1, -0.05) is 102 Å². The highest BCUT2D eigenvalue weighted by atomic mass is 32.2. The van der Waals surface area contributed by atoms with Gasteiger partial charge in [-0.15, -0.1) is 0 Å². The molecule has 52 heavy (non-hydrogen) atoms. The zero-order chi connectivity index (χ0) is 36.8. The monoisotopic (exact) mass is 716 g/mol. The molecule has 0 spiro atoms. The number of aliphatic hydroxyl groups excluding tert-OH is 3. The second kappa shape index (κ2) is 16.1. The SMILES string of the molecule is Cc1ccc(S(=O)(=O)OC[C@@H](O)[C@H](c2ccccc2)n2ccc3cc(C)ccc32)cc1.Cc1ccc2c(ccn2[C@@H](c2ccccc2)[C@H](O)CO)c1. The number of hydrogen-bond donors (Lipinski definition) is 3. The number of nitrogens with zero attached hydrogens (tertiary/aromatic N) is 2. The van der Waals surface area contributed by atoms with Crippen molar-refractivity contribution in [2.24, 2.45) is 0 Å². The minimum atomic E-state index is -3.97. The molecule has 2 aromatic heterocycles. The van der Waals surface area contributed by atoms with Gasteiger partial charge in [-0.05, 0) is 91.2 Å². The van der Waals surface area contributed by atoms with E-state index >= 15 is 0 Å². The molecule has 9 heteroatoms. The molecule has 2 heterocycles. The Labute approximate surface area is 304 Å². The molecule has 8 nitrogen and oxygen atoms in total. The first-order valence-electron chi connectivity index (χ1n) is 17.2. The summed E-state index contributed by atoms with van der Waals surface area (Å²) >= 11 is 0. The molecule has 0 saturated carbocycles. The Morgan fingerprint density at radius 3 is 1.48 bits per heavy atom. The van der Waals surface area contributed by atoms with Crippen LogP contribution >= 0.6 is 0 Å². The van der Waals surface area contributed by atoms with Crippen LogP contribution in [0.15, 0.2) is 151 Å². The van der Waals surface area contributed by atoms with Crippen LogP contribution in [-0.2, 0) is 14.3 Å². The van der Waals surface area contributed by atoms with Gasteiger partial charge < -0.3 is 24.5 Å². The lowest BCUT2D eigenvalue weighted by Crippen LogP contribution is -2.30. The number of rotatable bonds is 11. The average molecular weight is 717 g/mol. The minimum absolute atomic E-state index is 0.0726. The summed E-state index contributed by atoms with van der Waals surface area (Å²) in [5, 5.41) is 33.0. The lowest BCUT2D eigenvalue weighted by molar-refractivity contribution is 0.0654. The smallest absolute Gasteiger partial charge is 0.297 e. The summed E-state index contributed by atoms with van der Waals surface area (Å²) in [4.78, 5) is 0.0726. The first-order valence-corrected chi connectivity index (χ1v) is 18.6. The summed E-state index contributed by atoms with van der Waals surface area (Å²) in [7, 11) is -3.97. The molecule has 0 aliphatic carbocycles. The van der Waals surface area contributed by atoms with Crippen LogP contribution in [0, 0.1) is 20.8 Å².